The molecule has 1 saturated carbocycles. The number of imidazole rings is 1. The first-order chi connectivity index (χ1) is 18.4. The summed E-state index contributed by atoms with van der Waals surface area (Å²) >= 11 is 0. The summed E-state index contributed by atoms with van der Waals surface area (Å²) in [6.45, 7) is 2.83. The van der Waals surface area contributed by atoms with Crippen molar-refractivity contribution in [3.8, 4) is 0 Å². The Labute approximate surface area is 240 Å². The monoisotopic (exact) mass is 587 g/mol. The predicted octanol–water partition coefficient (Wildman–Crippen LogP) is 1.74. The molecular formula is C32H34BrN3O3. The summed E-state index contributed by atoms with van der Waals surface area (Å²) in [5.74, 6) is 0.600. The number of primary amides is 1. The molecule has 4 aromatic rings. The standard InChI is InChI=1S/C32H33N3O3.BrH/c1-23-34(22-24-13-15-25(16-14-24)30(36)38-2)19-20-35(23)29-18-17-28(21-29)32(31(33)37,26-9-5-3-6-10-26)27-11-7-4-8-12-27;/h3-16,19-20,28-29H,17-18,21-22H2,1-2H3,(H-,33,37);1H/t28-,29+;/m1./s1. The zero-order valence-corrected chi connectivity index (χ0v) is 23.9. The van der Waals surface area contributed by atoms with Gasteiger partial charge in [-0.15, -0.1) is 0 Å². The van der Waals surface area contributed by atoms with Gasteiger partial charge in [0.15, 0.2) is 0 Å². The first-order valence-electron chi connectivity index (χ1n) is 13.1. The molecule has 6 nitrogen and oxygen atoms in total. The normalized spacial score (nSPS) is 16.9. The number of amides is 1. The number of benzene rings is 3. The fourth-order valence-electron chi connectivity index (χ4n) is 6.26. The topological polar surface area (TPSA) is 78.2 Å². The molecule has 0 saturated heterocycles. The molecule has 7 heteroatoms. The Kier molecular flexibility index (Phi) is 8.70. The molecule has 0 radical (unpaired) electrons. The Bertz CT molecular complexity index is 1380. The van der Waals surface area contributed by atoms with Crippen LogP contribution in [0.15, 0.2) is 97.3 Å². The summed E-state index contributed by atoms with van der Waals surface area (Å²) in [5, 5.41) is 0. The summed E-state index contributed by atoms with van der Waals surface area (Å²) in [6, 6.07) is 27.8. The molecule has 1 aliphatic carbocycles. The van der Waals surface area contributed by atoms with Crippen molar-refractivity contribution in [2.45, 2.75) is 44.2 Å². The highest BCUT2D eigenvalue weighted by atomic mass is 79.9. The highest BCUT2D eigenvalue weighted by molar-refractivity contribution is 5.91. The van der Waals surface area contributed by atoms with Crippen molar-refractivity contribution in [2.24, 2.45) is 11.7 Å². The van der Waals surface area contributed by atoms with E-state index in [9.17, 15) is 9.59 Å². The van der Waals surface area contributed by atoms with Gasteiger partial charge in [0.25, 0.3) is 5.82 Å². The van der Waals surface area contributed by atoms with Crippen LogP contribution in [0, 0.1) is 12.8 Å². The minimum absolute atomic E-state index is 0. The zero-order valence-electron chi connectivity index (χ0n) is 22.3. The minimum atomic E-state index is -0.879. The molecule has 1 aliphatic rings. The van der Waals surface area contributed by atoms with Crippen molar-refractivity contribution < 1.29 is 35.9 Å². The van der Waals surface area contributed by atoms with Crippen molar-refractivity contribution >= 4 is 11.9 Å². The van der Waals surface area contributed by atoms with Crippen LogP contribution >= 0.6 is 0 Å². The lowest BCUT2D eigenvalue weighted by atomic mass is 9.64. The molecule has 2 N–H and O–H groups in total. The highest BCUT2D eigenvalue weighted by Crippen LogP contribution is 2.48. The summed E-state index contributed by atoms with van der Waals surface area (Å²) in [7, 11) is 1.39. The fourth-order valence-corrected chi connectivity index (χ4v) is 6.26. The smallest absolute Gasteiger partial charge is 0.337 e. The summed E-state index contributed by atoms with van der Waals surface area (Å²) < 4.78 is 9.36. The molecule has 0 aliphatic heterocycles. The molecule has 202 valence electrons. The quantitative estimate of drug-likeness (QED) is 0.252. The molecule has 0 unspecified atom stereocenters. The van der Waals surface area contributed by atoms with Gasteiger partial charge in [0.05, 0.1) is 12.7 Å². The Morgan fingerprint density at radius 3 is 2.08 bits per heavy atom. The molecule has 1 amide bonds. The predicted molar refractivity (Wildman–Crippen MR) is 145 cm³/mol. The number of nitrogens with two attached hydrogens (primary N) is 1. The van der Waals surface area contributed by atoms with Crippen molar-refractivity contribution in [1.82, 2.24) is 4.57 Å². The second-order valence-corrected chi connectivity index (χ2v) is 10.1. The van der Waals surface area contributed by atoms with Gasteiger partial charge in [0.1, 0.15) is 30.4 Å². The Morgan fingerprint density at radius 1 is 0.949 bits per heavy atom. The maximum absolute atomic E-state index is 13.4. The second-order valence-electron chi connectivity index (χ2n) is 10.1. The van der Waals surface area contributed by atoms with Crippen molar-refractivity contribution in [3.63, 3.8) is 0 Å². The van der Waals surface area contributed by atoms with E-state index in [4.69, 9.17) is 10.5 Å². The summed E-state index contributed by atoms with van der Waals surface area (Å²) in [5.41, 5.74) is 8.96. The Balaban J connectivity index is 0.00000353. The Morgan fingerprint density at radius 2 is 1.54 bits per heavy atom. The molecule has 39 heavy (non-hydrogen) atoms. The van der Waals surface area contributed by atoms with Gasteiger partial charge < -0.3 is 27.5 Å². The van der Waals surface area contributed by atoms with Gasteiger partial charge in [0.2, 0.25) is 5.91 Å². The molecule has 1 heterocycles. The molecule has 0 spiro atoms. The molecular weight excluding hydrogens is 554 g/mol. The van der Waals surface area contributed by atoms with Gasteiger partial charge >= 0.3 is 5.97 Å². The molecule has 3 aromatic carbocycles. The van der Waals surface area contributed by atoms with E-state index in [1.165, 1.54) is 7.11 Å². The molecule has 1 fully saturated rings. The minimum Gasteiger partial charge on any atom is -1.00 e. The van der Waals surface area contributed by atoms with Crippen LogP contribution in [0.2, 0.25) is 0 Å². The van der Waals surface area contributed by atoms with E-state index in [1.807, 2.05) is 72.8 Å². The largest absolute Gasteiger partial charge is 1.00 e. The van der Waals surface area contributed by atoms with Crippen LogP contribution in [0.1, 0.15) is 58.2 Å². The third-order valence-electron chi connectivity index (χ3n) is 8.18. The van der Waals surface area contributed by atoms with Gasteiger partial charge in [-0.1, -0.05) is 72.8 Å². The van der Waals surface area contributed by atoms with Gasteiger partial charge in [-0.05, 0) is 54.0 Å². The fraction of sp³-hybridized carbons (Fsp3) is 0.281. The Hall–Kier alpha value is -3.71. The number of esters is 1. The first-order valence-corrected chi connectivity index (χ1v) is 13.1. The maximum atomic E-state index is 13.4. The van der Waals surface area contributed by atoms with Crippen LogP contribution < -0.4 is 27.3 Å². The van der Waals surface area contributed by atoms with Crippen molar-refractivity contribution in [3.05, 3.63) is 125 Å². The van der Waals surface area contributed by atoms with Crippen LogP contribution in [0.5, 0.6) is 0 Å². The van der Waals surface area contributed by atoms with E-state index in [1.54, 1.807) is 12.1 Å². The van der Waals surface area contributed by atoms with Crippen LogP contribution in [0.3, 0.4) is 0 Å². The van der Waals surface area contributed by atoms with Gasteiger partial charge in [-0.2, -0.15) is 0 Å². The van der Waals surface area contributed by atoms with E-state index in [0.29, 0.717) is 12.1 Å². The number of rotatable bonds is 8. The number of carbonyl (C=O) groups is 2. The van der Waals surface area contributed by atoms with Crippen molar-refractivity contribution in [1.29, 1.82) is 0 Å². The molecule has 1 aromatic heterocycles. The SMILES string of the molecule is COC(=O)c1ccc(Cn2cc[n+]([C@H]3CC[C@@H](C(C(N)=O)(c4ccccc4)c4ccccc4)C3)c2C)cc1.[Br-]. The number of carbonyl (C=O) groups excluding carboxylic acids is 2. The number of hydrogen-bond donors (Lipinski definition) is 1. The number of ether oxygens (including phenoxy) is 1. The van der Waals surface area contributed by atoms with E-state index in [0.717, 1.165) is 41.8 Å². The highest BCUT2D eigenvalue weighted by Gasteiger charge is 2.51. The van der Waals surface area contributed by atoms with Crippen LogP contribution in [0.4, 0.5) is 0 Å². The second kappa shape index (κ2) is 12.0. The number of methoxy groups -OCH3 is 1. The van der Waals surface area contributed by atoms with E-state index >= 15 is 0 Å². The number of hydrogen-bond acceptors (Lipinski definition) is 3. The molecule has 5 rings (SSSR count). The lowest BCUT2D eigenvalue weighted by molar-refractivity contribution is -0.727. The van der Waals surface area contributed by atoms with Gasteiger partial charge in [-0.3, -0.25) is 4.79 Å². The molecule has 2 atom stereocenters. The van der Waals surface area contributed by atoms with E-state index < -0.39 is 5.41 Å². The number of halogens is 1. The lowest BCUT2D eigenvalue weighted by Gasteiger charge is -2.37. The van der Waals surface area contributed by atoms with E-state index in [2.05, 4.69) is 28.5 Å². The third kappa shape index (κ3) is 5.28. The van der Waals surface area contributed by atoms with Crippen LogP contribution in [-0.2, 0) is 21.5 Å². The van der Waals surface area contributed by atoms with Gasteiger partial charge in [-0.25, -0.2) is 13.9 Å². The maximum Gasteiger partial charge on any atom is 0.337 e. The zero-order chi connectivity index (χ0) is 26.7. The van der Waals surface area contributed by atoms with Crippen LogP contribution in [0.25, 0.3) is 0 Å². The number of nitrogens with zero attached hydrogens (tertiary/aromatic N) is 2. The van der Waals surface area contributed by atoms with E-state index in [-0.39, 0.29) is 40.8 Å². The first kappa shape index (κ1) is 28.3. The van der Waals surface area contributed by atoms with Crippen molar-refractivity contribution in [2.75, 3.05) is 7.11 Å². The molecule has 0 bridgehead atoms. The summed E-state index contributed by atoms with van der Waals surface area (Å²) in [4.78, 5) is 25.1. The summed E-state index contributed by atoms with van der Waals surface area (Å²) in [6.07, 6.45) is 6.98. The third-order valence-corrected chi connectivity index (χ3v) is 8.18. The number of aromatic nitrogens is 2. The average molecular weight is 589 g/mol. The van der Waals surface area contributed by atoms with Gasteiger partial charge in [0, 0.05) is 6.92 Å². The lowest BCUT2D eigenvalue weighted by Crippen LogP contribution is -3.00. The average Bonchev–Trinajstić information content (AvgIpc) is 3.57. The van der Waals surface area contributed by atoms with Crippen LogP contribution in [-0.4, -0.2) is 23.6 Å².